The highest BCUT2D eigenvalue weighted by atomic mass is 16.5. The highest BCUT2D eigenvalue weighted by molar-refractivity contribution is 5.76. The van der Waals surface area contributed by atoms with E-state index in [1.165, 1.54) is 7.11 Å². The van der Waals surface area contributed by atoms with Gasteiger partial charge < -0.3 is 9.64 Å². The molecule has 19 heavy (non-hydrogen) atoms. The van der Waals surface area contributed by atoms with Crippen molar-refractivity contribution in [1.29, 1.82) is 0 Å². The molecule has 0 saturated carbocycles. The van der Waals surface area contributed by atoms with Crippen molar-refractivity contribution in [3.63, 3.8) is 0 Å². The first kappa shape index (κ1) is 16.0. The Labute approximate surface area is 115 Å². The molecule has 1 rings (SSSR count). The van der Waals surface area contributed by atoms with Gasteiger partial charge in [0.2, 0.25) is 5.91 Å². The number of rotatable bonds is 7. The summed E-state index contributed by atoms with van der Waals surface area (Å²) in [6.45, 7) is 6.15. The van der Waals surface area contributed by atoms with E-state index in [1.54, 1.807) is 0 Å². The van der Waals surface area contributed by atoms with Gasteiger partial charge in [-0.1, -0.05) is 19.8 Å². The van der Waals surface area contributed by atoms with Crippen LogP contribution in [0.5, 0.6) is 0 Å². The van der Waals surface area contributed by atoms with Gasteiger partial charge in [-0.25, -0.2) is 0 Å². The fraction of sp³-hybridized carbons (Fsp3) is 0.857. The molecule has 0 atom stereocenters. The van der Waals surface area contributed by atoms with Crippen molar-refractivity contribution < 1.29 is 14.3 Å². The molecule has 0 radical (unpaired) electrons. The van der Waals surface area contributed by atoms with Crippen LogP contribution in [0.2, 0.25) is 0 Å². The lowest BCUT2D eigenvalue weighted by atomic mass is 10.2. The van der Waals surface area contributed by atoms with Crippen molar-refractivity contribution in [3.8, 4) is 0 Å². The fourth-order valence-corrected chi connectivity index (χ4v) is 2.26. The molecule has 0 unspecified atom stereocenters. The van der Waals surface area contributed by atoms with Gasteiger partial charge >= 0.3 is 5.97 Å². The Kier molecular flexibility index (Phi) is 7.48. The molecular formula is C14H26N2O3. The topological polar surface area (TPSA) is 49.9 Å². The Morgan fingerprint density at radius 1 is 1.05 bits per heavy atom. The SMILES string of the molecule is CCCCCC(=O)N1CCN(CCC(=O)OC)CC1. The van der Waals surface area contributed by atoms with Crippen LogP contribution in [0.25, 0.3) is 0 Å². The Morgan fingerprint density at radius 3 is 2.32 bits per heavy atom. The summed E-state index contributed by atoms with van der Waals surface area (Å²) < 4.78 is 4.63. The highest BCUT2D eigenvalue weighted by Gasteiger charge is 2.20. The van der Waals surface area contributed by atoms with Crippen LogP contribution in [0.15, 0.2) is 0 Å². The second kappa shape index (κ2) is 8.91. The van der Waals surface area contributed by atoms with E-state index in [2.05, 4.69) is 16.6 Å². The molecule has 0 bridgehead atoms. The number of ether oxygens (including phenoxy) is 1. The van der Waals surface area contributed by atoms with E-state index in [1.807, 2.05) is 4.90 Å². The highest BCUT2D eigenvalue weighted by Crippen LogP contribution is 2.07. The maximum atomic E-state index is 11.9. The molecule has 0 aliphatic carbocycles. The zero-order chi connectivity index (χ0) is 14.1. The number of amides is 1. The Bertz CT molecular complexity index is 286. The lowest BCUT2D eigenvalue weighted by Gasteiger charge is -2.34. The van der Waals surface area contributed by atoms with Crippen molar-refractivity contribution in [2.75, 3.05) is 39.8 Å². The monoisotopic (exact) mass is 270 g/mol. The molecule has 0 aromatic rings. The van der Waals surface area contributed by atoms with E-state index >= 15 is 0 Å². The fourth-order valence-electron chi connectivity index (χ4n) is 2.26. The summed E-state index contributed by atoms with van der Waals surface area (Å²) in [6, 6.07) is 0. The summed E-state index contributed by atoms with van der Waals surface area (Å²) >= 11 is 0. The molecule has 1 saturated heterocycles. The first-order valence-electron chi connectivity index (χ1n) is 7.24. The van der Waals surface area contributed by atoms with Crippen LogP contribution in [0, 0.1) is 0 Å². The number of hydrogen-bond acceptors (Lipinski definition) is 4. The first-order valence-corrected chi connectivity index (χ1v) is 7.24. The minimum absolute atomic E-state index is 0.168. The van der Waals surface area contributed by atoms with Gasteiger partial charge in [-0.15, -0.1) is 0 Å². The molecule has 1 heterocycles. The summed E-state index contributed by atoms with van der Waals surface area (Å²) in [7, 11) is 1.41. The van der Waals surface area contributed by atoms with E-state index in [0.29, 0.717) is 12.8 Å². The van der Waals surface area contributed by atoms with Gasteiger partial charge in [0.1, 0.15) is 0 Å². The molecule has 5 nitrogen and oxygen atoms in total. The molecule has 0 N–H and O–H groups in total. The molecule has 1 amide bonds. The van der Waals surface area contributed by atoms with Crippen LogP contribution in [0.1, 0.15) is 39.0 Å². The Hall–Kier alpha value is -1.10. The van der Waals surface area contributed by atoms with Crippen LogP contribution >= 0.6 is 0 Å². The lowest BCUT2D eigenvalue weighted by molar-refractivity contribution is -0.141. The predicted molar refractivity (Wildman–Crippen MR) is 73.8 cm³/mol. The van der Waals surface area contributed by atoms with Gasteiger partial charge in [-0.3, -0.25) is 14.5 Å². The van der Waals surface area contributed by atoms with Gasteiger partial charge in [-0.2, -0.15) is 0 Å². The molecule has 0 aromatic carbocycles. The molecule has 5 heteroatoms. The van der Waals surface area contributed by atoms with Gasteiger partial charge in [0, 0.05) is 39.1 Å². The number of nitrogens with zero attached hydrogens (tertiary/aromatic N) is 2. The third kappa shape index (κ3) is 6.05. The van der Waals surface area contributed by atoms with Crippen LogP contribution in [0.3, 0.4) is 0 Å². The molecule has 1 aliphatic heterocycles. The number of methoxy groups -OCH3 is 1. The van der Waals surface area contributed by atoms with Crippen LogP contribution in [0.4, 0.5) is 0 Å². The van der Waals surface area contributed by atoms with E-state index in [0.717, 1.165) is 52.0 Å². The van der Waals surface area contributed by atoms with Crippen molar-refractivity contribution >= 4 is 11.9 Å². The van der Waals surface area contributed by atoms with Gasteiger partial charge in [0.25, 0.3) is 0 Å². The average Bonchev–Trinajstić information content (AvgIpc) is 2.45. The minimum atomic E-state index is -0.168. The normalized spacial score (nSPS) is 16.4. The van der Waals surface area contributed by atoms with Crippen molar-refractivity contribution in [2.24, 2.45) is 0 Å². The first-order chi connectivity index (χ1) is 9.17. The predicted octanol–water partition coefficient (Wildman–Crippen LogP) is 1.27. The summed E-state index contributed by atoms with van der Waals surface area (Å²) in [5.41, 5.74) is 0. The van der Waals surface area contributed by atoms with Gasteiger partial charge in [0.05, 0.1) is 13.5 Å². The third-order valence-electron chi connectivity index (χ3n) is 3.58. The van der Waals surface area contributed by atoms with Crippen LogP contribution in [-0.2, 0) is 14.3 Å². The summed E-state index contributed by atoms with van der Waals surface area (Å²) in [4.78, 5) is 27.1. The van der Waals surface area contributed by atoms with E-state index in [4.69, 9.17) is 0 Å². The Balaban J connectivity index is 2.17. The smallest absolute Gasteiger partial charge is 0.306 e. The quantitative estimate of drug-likeness (QED) is 0.516. The van der Waals surface area contributed by atoms with Gasteiger partial charge in [0.15, 0.2) is 0 Å². The standard InChI is InChI=1S/C14H26N2O3/c1-3-4-5-6-13(17)16-11-9-15(10-12-16)8-7-14(18)19-2/h3-12H2,1-2H3. The van der Waals surface area contributed by atoms with Crippen LogP contribution < -0.4 is 0 Å². The molecule has 0 aromatic heterocycles. The maximum Gasteiger partial charge on any atom is 0.306 e. The number of unbranched alkanes of at least 4 members (excludes halogenated alkanes) is 2. The van der Waals surface area contributed by atoms with Crippen molar-refractivity contribution in [1.82, 2.24) is 9.80 Å². The van der Waals surface area contributed by atoms with E-state index in [-0.39, 0.29) is 11.9 Å². The third-order valence-corrected chi connectivity index (χ3v) is 3.58. The second-order valence-corrected chi connectivity index (χ2v) is 5.01. The molecule has 0 spiro atoms. The number of carbonyl (C=O) groups excluding carboxylic acids is 2. The summed E-state index contributed by atoms with van der Waals surface area (Å²) in [6.07, 6.45) is 4.38. The van der Waals surface area contributed by atoms with Crippen molar-refractivity contribution in [2.45, 2.75) is 39.0 Å². The zero-order valence-corrected chi connectivity index (χ0v) is 12.2. The molecular weight excluding hydrogens is 244 g/mol. The maximum absolute atomic E-state index is 11.9. The number of esters is 1. The summed E-state index contributed by atoms with van der Waals surface area (Å²) in [5, 5.41) is 0. The number of hydrogen-bond donors (Lipinski definition) is 0. The zero-order valence-electron chi connectivity index (χ0n) is 12.2. The number of carbonyl (C=O) groups is 2. The lowest BCUT2D eigenvalue weighted by Crippen LogP contribution is -2.49. The Morgan fingerprint density at radius 2 is 1.74 bits per heavy atom. The molecule has 1 aliphatic rings. The van der Waals surface area contributed by atoms with Gasteiger partial charge in [-0.05, 0) is 6.42 Å². The average molecular weight is 270 g/mol. The second-order valence-electron chi connectivity index (χ2n) is 5.01. The summed E-state index contributed by atoms with van der Waals surface area (Å²) in [5.74, 6) is 0.110. The largest absolute Gasteiger partial charge is 0.469 e. The minimum Gasteiger partial charge on any atom is -0.469 e. The molecule has 110 valence electrons. The number of piperazine rings is 1. The van der Waals surface area contributed by atoms with E-state index < -0.39 is 0 Å². The van der Waals surface area contributed by atoms with Crippen LogP contribution in [-0.4, -0.2) is 61.5 Å². The molecule has 1 fully saturated rings. The van der Waals surface area contributed by atoms with E-state index in [9.17, 15) is 9.59 Å². The van der Waals surface area contributed by atoms with Crippen molar-refractivity contribution in [3.05, 3.63) is 0 Å².